The number of benzene rings is 1. The van der Waals surface area contributed by atoms with Gasteiger partial charge in [0, 0.05) is 11.8 Å². The van der Waals surface area contributed by atoms with Gasteiger partial charge in [0.25, 0.3) is 0 Å². The molecule has 2 atom stereocenters. The van der Waals surface area contributed by atoms with Gasteiger partial charge < -0.3 is 5.11 Å². The predicted octanol–water partition coefficient (Wildman–Crippen LogP) is 2.73. The van der Waals surface area contributed by atoms with Crippen LogP contribution in [0.3, 0.4) is 0 Å². The molecule has 1 aliphatic rings. The fraction of sp³-hybridized carbons (Fsp3) is 0.500. The summed E-state index contributed by atoms with van der Waals surface area (Å²) in [4.78, 5) is 0. The van der Waals surface area contributed by atoms with E-state index in [1.165, 1.54) is 5.56 Å². The Hall–Kier alpha value is -0.670. The normalized spacial score (nSPS) is 25.8. The molecule has 0 radical (unpaired) electrons. The maximum atomic E-state index is 9.70. The van der Waals surface area contributed by atoms with Crippen LogP contribution in [0.2, 0.25) is 0 Å². The Morgan fingerprint density at radius 1 is 1.33 bits per heavy atom. The molecule has 0 saturated carbocycles. The summed E-state index contributed by atoms with van der Waals surface area (Å²) in [6, 6.07) is 4.73. The molecule has 0 aromatic heterocycles. The Balaban J connectivity index is 2.29. The standard InChI is InChI=1S/C12H17NOS/c1-7-4-10(5-8(2)11(7)14)12-13-9(3)6-15-12/h4-5,9,12-14H,6H2,1-3H3. The summed E-state index contributed by atoms with van der Waals surface area (Å²) in [7, 11) is 0. The first-order valence-corrected chi connectivity index (χ1v) is 6.30. The van der Waals surface area contributed by atoms with Gasteiger partial charge in [0.05, 0.1) is 5.37 Å². The number of phenolic OH excluding ortho intramolecular Hbond substituents is 1. The highest BCUT2D eigenvalue weighted by molar-refractivity contribution is 7.99. The number of aromatic hydroxyl groups is 1. The smallest absolute Gasteiger partial charge is 0.121 e. The second-order valence-electron chi connectivity index (χ2n) is 4.28. The van der Waals surface area contributed by atoms with Crippen LogP contribution in [-0.4, -0.2) is 16.9 Å². The predicted molar refractivity (Wildman–Crippen MR) is 65.4 cm³/mol. The number of hydrogen-bond acceptors (Lipinski definition) is 3. The van der Waals surface area contributed by atoms with Crippen LogP contribution in [0.25, 0.3) is 0 Å². The van der Waals surface area contributed by atoms with Gasteiger partial charge in [-0.3, -0.25) is 5.32 Å². The quantitative estimate of drug-likeness (QED) is 0.768. The molecule has 2 N–H and O–H groups in total. The lowest BCUT2D eigenvalue weighted by Gasteiger charge is -2.14. The van der Waals surface area contributed by atoms with Crippen molar-refractivity contribution in [1.82, 2.24) is 5.32 Å². The second kappa shape index (κ2) is 4.06. The van der Waals surface area contributed by atoms with Gasteiger partial charge in [0.15, 0.2) is 0 Å². The van der Waals surface area contributed by atoms with E-state index in [2.05, 4.69) is 24.4 Å². The van der Waals surface area contributed by atoms with Gasteiger partial charge in [-0.1, -0.05) is 0 Å². The van der Waals surface area contributed by atoms with Crippen LogP contribution in [0.5, 0.6) is 5.75 Å². The van der Waals surface area contributed by atoms with E-state index in [4.69, 9.17) is 0 Å². The molecule has 2 nitrogen and oxygen atoms in total. The van der Waals surface area contributed by atoms with Gasteiger partial charge in [-0.25, -0.2) is 0 Å². The van der Waals surface area contributed by atoms with Crippen LogP contribution in [0.4, 0.5) is 0 Å². The average molecular weight is 223 g/mol. The van der Waals surface area contributed by atoms with Crippen LogP contribution in [0.15, 0.2) is 12.1 Å². The molecule has 0 amide bonds. The van der Waals surface area contributed by atoms with E-state index in [0.717, 1.165) is 16.9 Å². The number of thioether (sulfide) groups is 1. The molecular weight excluding hydrogens is 206 g/mol. The largest absolute Gasteiger partial charge is 0.507 e. The fourth-order valence-electron chi connectivity index (χ4n) is 1.93. The Kier molecular flexibility index (Phi) is 2.94. The van der Waals surface area contributed by atoms with Crippen LogP contribution in [-0.2, 0) is 0 Å². The molecule has 1 heterocycles. The van der Waals surface area contributed by atoms with Crippen LogP contribution in [0.1, 0.15) is 29.0 Å². The lowest BCUT2D eigenvalue weighted by molar-refractivity contribution is 0.466. The number of rotatable bonds is 1. The van der Waals surface area contributed by atoms with Crippen molar-refractivity contribution in [2.75, 3.05) is 5.75 Å². The van der Waals surface area contributed by atoms with Gasteiger partial charge in [0.1, 0.15) is 5.75 Å². The van der Waals surface area contributed by atoms with Crippen LogP contribution >= 0.6 is 11.8 Å². The van der Waals surface area contributed by atoms with Crippen molar-refractivity contribution in [3.63, 3.8) is 0 Å². The van der Waals surface area contributed by atoms with E-state index < -0.39 is 0 Å². The van der Waals surface area contributed by atoms with Gasteiger partial charge in [0.2, 0.25) is 0 Å². The van der Waals surface area contributed by atoms with Crippen molar-refractivity contribution in [2.24, 2.45) is 0 Å². The zero-order chi connectivity index (χ0) is 11.0. The average Bonchev–Trinajstić information content (AvgIpc) is 2.60. The highest BCUT2D eigenvalue weighted by atomic mass is 32.2. The van der Waals surface area contributed by atoms with Crippen LogP contribution in [0, 0.1) is 13.8 Å². The third-order valence-corrected chi connectivity index (χ3v) is 4.20. The van der Waals surface area contributed by atoms with Crippen molar-refractivity contribution >= 4 is 11.8 Å². The van der Waals surface area contributed by atoms with Gasteiger partial charge in [-0.2, -0.15) is 0 Å². The molecule has 0 aliphatic carbocycles. The van der Waals surface area contributed by atoms with Crippen molar-refractivity contribution in [2.45, 2.75) is 32.2 Å². The van der Waals surface area contributed by atoms with E-state index in [1.807, 2.05) is 25.6 Å². The van der Waals surface area contributed by atoms with Gasteiger partial charge in [-0.05, 0) is 49.6 Å². The highest BCUT2D eigenvalue weighted by Crippen LogP contribution is 2.35. The molecule has 1 saturated heterocycles. The molecular formula is C12H17NOS. The minimum absolute atomic E-state index is 0.387. The van der Waals surface area contributed by atoms with E-state index in [-0.39, 0.29) is 0 Å². The first-order valence-electron chi connectivity index (χ1n) is 5.25. The molecule has 82 valence electrons. The van der Waals surface area contributed by atoms with E-state index >= 15 is 0 Å². The van der Waals surface area contributed by atoms with Crippen molar-refractivity contribution in [3.8, 4) is 5.75 Å². The molecule has 2 unspecified atom stereocenters. The van der Waals surface area contributed by atoms with E-state index in [9.17, 15) is 5.11 Å². The molecule has 2 rings (SSSR count). The molecule has 3 heteroatoms. The van der Waals surface area contributed by atoms with Crippen LogP contribution < -0.4 is 5.32 Å². The maximum Gasteiger partial charge on any atom is 0.121 e. The summed E-state index contributed by atoms with van der Waals surface area (Å²) in [6.45, 7) is 6.11. The Morgan fingerprint density at radius 3 is 2.40 bits per heavy atom. The van der Waals surface area contributed by atoms with E-state index in [1.54, 1.807) is 0 Å². The molecule has 1 aliphatic heterocycles. The molecule has 1 aromatic rings. The highest BCUT2D eigenvalue weighted by Gasteiger charge is 2.22. The third kappa shape index (κ3) is 2.13. The number of aryl methyl sites for hydroxylation is 2. The first kappa shape index (κ1) is 10.8. The fourth-order valence-corrected chi connectivity index (χ4v) is 3.16. The SMILES string of the molecule is Cc1cc(C2NC(C)CS2)cc(C)c1O. The summed E-state index contributed by atoms with van der Waals surface area (Å²) in [6.07, 6.45) is 0. The zero-order valence-corrected chi connectivity index (χ0v) is 10.2. The Bertz CT molecular complexity index is 355. The van der Waals surface area contributed by atoms with Crippen molar-refractivity contribution in [1.29, 1.82) is 0 Å². The lowest BCUT2D eigenvalue weighted by atomic mass is 10.1. The summed E-state index contributed by atoms with van der Waals surface area (Å²) < 4.78 is 0. The molecule has 0 spiro atoms. The molecule has 1 fully saturated rings. The molecule has 15 heavy (non-hydrogen) atoms. The molecule has 0 bridgehead atoms. The monoisotopic (exact) mass is 223 g/mol. The summed E-state index contributed by atoms with van der Waals surface area (Å²) in [5, 5.41) is 13.6. The second-order valence-corrected chi connectivity index (χ2v) is 5.42. The van der Waals surface area contributed by atoms with E-state index in [0.29, 0.717) is 17.2 Å². The number of nitrogens with one attached hydrogen (secondary N) is 1. The maximum absolute atomic E-state index is 9.70. The van der Waals surface area contributed by atoms with Crippen molar-refractivity contribution < 1.29 is 5.11 Å². The third-order valence-electron chi connectivity index (χ3n) is 2.76. The summed E-state index contributed by atoms with van der Waals surface area (Å²) >= 11 is 1.93. The van der Waals surface area contributed by atoms with Crippen molar-refractivity contribution in [3.05, 3.63) is 28.8 Å². The van der Waals surface area contributed by atoms with Gasteiger partial charge in [-0.15, -0.1) is 11.8 Å². The number of phenols is 1. The number of hydrogen-bond donors (Lipinski definition) is 2. The topological polar surface area (TPSA) is 32.3 Å². The zero-order valence-electron chi connectivity index (χ0n) is 9.37. The lowest BCUT2D eigenvalue weighted by Crippen LogP contribution is -2.22. The van der Waals surface area contributed by atoms with Gasteiger partial charge >= 0.3 is 0 Å². The summed E-state index contributed by atoms with van der Waals surface area (Å²) in [5.41, 5.74) is 3.20. The Morgan fingerprint density at radius 2 is 1.93 bits per heavy atom. The first-order chi connectivity index (χ1) is 7.08. The molecule has 1 aromatic carbocycles. The minimum atomic E-state index is 0.387. The summed E-state index contributed by atoms with van der Waals surface area (Å²) in [5.74, 6) is 1.58. The Labute approximate surface area is 95.1 Å². The minimum Gasteiger partial charge on any atom is -0.507 e.